The van der Waals surface area contributed by atoms with Crippen molar-refractivity contribution in [1.82, 2.24) is 4.98 Å². The molecule has 0 spiro atoms. The predicted octanol–water partition coefficient (Wildman–Crippen LogP) is 2.32. The van der Waals surface area contributed by atoms with Gasteiger partial charge < -0.3 is 10.2 Å². The third kappa shape index (κ3) is 3.44. The lowest BCUT2D eigenvalue weighted by Gasteiger charge is -2.19. The molecule has 0 radical (unpaired) electrons. The number of hydrogen-bond donors (Lipinski definition) is 1. The summed E-state index contributed by atoms with van der Waals surface area (Å²) in [6, 6.07) is 9.82. The van der Waals surface area contributed by atoms with Gasteiger partial charge in [0.1, 0.15) is 0 Å². The zero-order valence-electron chi connectivity index (χ0n) is 12.7. The molecule has 0 saturated carbocycles. The van der Waals surface area contributed by atoms with Gasteiger partial charge >= 0.3 is 0 Å². The second-order valence-corrected chi connectivity index (χ2v) is 7.64. The summed E-state index contributed by atoms with van der Waals surface area (Å²) in [6.45, 7) is 1.25. The van der Waals surface area contributed by atoms with Gasteiger partial charge in [0.05, 0.1) is 10.6 Å². The molecule has 1 N–H and O–H groups in total. The van der Waals surface area contributed by atoms with E-state index in [1.807, 2.05) is 4.90 Å². The minimum Gasteiger partial charge on any atom is -0.379 e. The summed E-state index contributed by atoms with van der Waals surface area (Å²) in [5, 5.41) is 3.26. The summed E-state index contributed by atoms with van der Waals surface area (Å²) < 4.78 is 37.5. The van der Waals surface area contributed by atoms with E-state index < -0.39 is 9.84 Å². The van der Waals surface area contributed by atoms with Crippen LogP contribution < -0.4 is 10.2 Å². The summed E-state index contributed by atoms with van der Waals surface area (Å²) in [7, 11) is -3.30. The second-order valence-electron chi connectivity index (χ2n) is 5.65. The number of anilines is 2. The highest BCUT2D eigenvalue weighted by Gasteiger charge is 2.26. The van der Waals surface area contributed by atoms with Crippen LogP contribution in [-0.4, -0.2) is 38.8 Å². The maximum absolute atomic E-state index is 13.8. The van der Waals surface area contributed by atoms with Crippen LogP contribution in [0.25, 0.3) is 0 Å². The van der Waals surface area contributed by atoms with Crippen molar-refractivity contribution >= 4 is 21.3 Å². The normalized spacial score (nSPS) is 18.2. The van der Waals surface area contributed by atoms with E-state index in [1.165, 1.54) is 12.3 Å². The molecule has 1 aromatic carbocycles. The van der Waals surface area contributed by atoms with Gasteiger partial charge in [-0.3, -0.25) is 0 Å². The predicted molar refractivity (Wildman–Crippen MR) is 88.0 cm³/mol. The number of rotatable bonds is 4. The average Bonchev–Trinajstić information content (AvgIpc) is 2.95. The summed E-state index contributed by atoms with van der Waals surface area (Å²) in [6.07, 6.45) is 3.55. The Hall–Kier alpha value is -2.15. The first kappa shape index (κ1) is 15.7. The van der Waals surface area contributed by atoms with Gasteiger partial charge in [-0.1, -0.05) is 12.1 Å². The topological polar surface area (TPSA) is 62.3 Å². The molecule has 122 valence electrons. The smallest absolute Gasteiger partial charge is 0.177 e. The zero-order chi connectivity index (χ0) is 16.4. The Labute approximate surface area is 135 Å². The van der Waals surface area contributed by atoms with Crippen LogP contribution in [0.2, 0.25) is 0 Å². The molecule has 0 aliphatic carbocycles. The molecule has 0 amide bonds. The fourth-order valence-corrected chi connectivity index (χ4v) is 3.66. The lowest BCUT2D eigenvalue weighted by Crippen LogP contribution is -2.27. The maximum Gasteiger partial charge on any atom is 0.177 e. The molecular weight excluding hydrogens is 317 g/mol. The van der Waals surface area contributed by atoms with Crippen molar-refractivity contribution in [2.75, 3.05) is 29.6 Å². The van der Waals surface area contributed by atoms with Crippen LogP contribution in [0.1, 0.15) is 6.42 Å². The molecule has 1 aliphatic heterocycles. The van der Waals surface area contributed by atoms with E-state index in [2.05, 4.69) is 10.3 Å². The summed E-state index contributed by atoms with van der Waals surface area (Å²) in [4.78, 5) is 6.24. The van der Waals surface area contributed by atoms with E-state index >= 15 is 0 Å². The van der Waals surface area contributed by atoms with Gasteiger partial charge in [-0.2, -0.15) is 0 Å². The third-order valence-electron chi connectivity index (χ3n) is 3.87. The molecular formula is C16H18FN3O2S. The van der Waals surface area contributed by atoms with Crippen molar-refractivity contribution in [2.24, 2.45) is 0 Å². The van der Waals surface area contributed by atoms with Gasteiger partial charge in [-0.15, -0.1) is 0 Å². The summed E-state index contributed by atoms with van der Waals surface area (Å²) in [5.74, 6) is -0.00196. The SMILES string of the molecule is CS(=O)(=O)c1ccccc1N[C@H]1CCN(c2ncccc2F)C1. The van der Waals surface area contributed by atoms with Crippen molar-refractivity contribution in [3.63, 3.8) is 0 Å². The number of nitrogens with zero attached hydrogens (tertiary/aromatic N) is 2. The molecule has 2 heterocycles. The van der Waals surface area contributed by atoms with E-state index in [9.17, 15) is 12.8 Å². The molecule has 1 aliphatic rings. The molecule has 1 atom stereocenters. The first-order valence-electron chi connectivity index (χ1n) is 7.36. The number of benzene rings is 1. The number of pyridine rings is 1. The van der Waals surface area contributed by atoms with Crippen molar-refractivity contribution in [1.29, 1.82) is 0 Å². The second kappa shape index (κ2) is 6.16. The fraction of sp³-hybridized carbons (Fsp3) is 0.312. The van der Waals surface area contributed by atoms with E-state index in [-0.39, 0.29) is 16.8 Å². The number of nitrogens with one attached hydrogen (secondary N) is 1. The molecule has 7 heteroatoms. The van der Waals surface area contributed by atoms with Crippen LogP contribution in [0, 0.1) is 5.82 Å². The monoisotopic (exact) mass is 335 g/mol. The number of halogens is 1. The summed E-state index contributed by atoms with van der Waals surface area (Å²) in [5.41, 5.74) is 0.586. The minimum atomic E-state index is -3.30. The molecule has 0 unspecified atom stereocenters. The Balaban J connectivity index is 1.76. The standard InChI is InChI=1S/C16H18FN3O2S/c1-23(21,22)15-7-3-2-6-14(15)19-12-8-10-20(11-12)16-13(17)5-4-9-18-16/h2-7,9,12,19H,8,10-11H2,1H3/t12-/m0/s1. The molecule has 0 bridgehead atoms. The molecule has 1 saturated heterocycles. The molecule has 1 fully saturated rings. The quantitative estimate of drug-likeness (QED) is 0.929. The van der Waals surface area contributed by atoms with Crippen molar-refractivity contribution < 1.29 is 12.8 Å². The lowest BCUT2D eigenvalue weighted by molar-refractivity contribution is 0.602. The third-order valence-corrected chi connectivity index (χ3v) is 5.03. The minimum absolute atomic E-state index is 0.0410. The van der Waals surface area contributed by atoms with Gasteiger partial charge in [0.25, 0.3) is 0 Å². The highest BCUT2D eigenvalue weighted by atomic mass is 32.2. The Kier molecular flexibility index (Phi) is 4.21. The first-order valence-corrected chi connectivity index (χ1v) is 9.25. The number of hydrogen-bond acceptors (Lipinski definition) is 5. The molecule has 3 rings (SSSR count). The van der Waals surface area contributed by atoms with E-state index in [0.717, 1.165) is 6.42 Å². The Morgan fingerprint density at radius 3 is 2.78 bits per heavy atom. The van der Waals surface area contributed by atoms with Crippen LogP contribution in [-0.2, 0) is 9.84 Å². The number of sulfone groups is 1. The molecule has 5 nitrogen and oxygen atoms in total. The van der Waals surface area contributed by atoms with Crippen LogP contribution in [0.15, 0.2) is 47.5 Å². The highest BCUT2D eigenvalue weighted by molar-refractivity contribution is 7.90. The van der Waals surface area contributed by atoms with E-state index in [1.54, 1.807) is 36.5 Å². The first-order chi connectivity index (χ1) is 10.9. The van der Waals surface area contributed by atoms with Crippen LogP contribution in [0.4, 0.5) is 15.9 Å². The van der Waals surface area contributed by atoms with Crippen molar-refractivity contribution in [3.05, 3.63) is 48.4 Å². The maximum atomic E-state index is 13.8. The highest BCUT2D eigenvalue weighted by Crippen LogP contribution is 2.26. The van der Waals surface area contributed by atoms with Crippen molar-refractivity contribution in [3.8, 4) is 0 Å². The van der Waals surface area contributed by atoms with Gasteiger partial charge in [0.2, 0.25) is 0 Å². The Morgan fingerprint density at radius 1 is 1.26 bits per heavy atom. The van der Waals surface area contributed by atoms with Crippen LogP contribution in [0.3, 0.4) is 0 Å². The van der Waals surface area contributed by atoms with Crippen LogP contribution >= 0.6 is 0 Å². The number of para-hydroxylation sites is 1. The van der Waals surface area contributed by atoms with Crippen molar-refractivity contribution in [2.45, 2.75) is 17.4 Å². The Bertz CT molecular complexity index is 810. The largest absolute Gasteiger partial charge is 0.379 e. The fourth-order valence-electron chi connectivity index (χ4n) is 2.81. The van der Waals surface area contributed by atoms with Gasteiger partial charge in [0.15, 0.2) is 21.5 Å². The number of aromatic nitrogens is 1. The van der Waals surface area contributed by atoms with Crippen LogP contribution in [0.5, 0.6) is 0 Å². The lowest BCUT2D eigenvalue weighted by atomic mass is 10.2. The molecule has 23 heavy (non-hydrogen) atoms. The zero-order valence-corrected chi connectivity index (χ0v) is 13.6. The van der Waals surface area contributed by atoms with Gasteiger partial charge in [-0.05, 0) is 30.7 Å². The van der Waals surface area contributed by atoms with E-state index in [4.69, 9.17) is 0 Å². The van der Waals surface area contributed by atoms with Gasteiger partial charge in [-0.25, -0.2) is 17.8 Å². The van der Waals surface area contributed by atoms with E-state index in [0.29, 0.717) is 24.6 Å². The Morgan fingerprint density at radius 2 is 2.04 bits per heavy atom. The molecule has 1 aromatic heterocycles. The molecule has 2 aromatic rings. The summed E-state index contributed by atoms with van der Waals surface area (Å²) >= 11 is 0. The average molecular weight is 335 g/mol. The van der Waals surface area contributed by atoms with Gasteiger partial charge in [0, 0.05) is 31.6 Å².